The fourth-order valence-electron chi connectivity index (χ4n) is 1.93. The largest absolute Gasteiger partial charge is 0.311 e. The van der Waals surface area contributed by atoms with Gasteiger partial charge < -0.3 is 5.32 Å². The Hall–Kier alpha value is -0.380. The maximum Gasteiger partial charge on any atom is 0.0246 e. The molecule has 2 rings (SSSR count). The van der Waals surface area contributed by atoms with Crippen LogP contribution >= 0.6 is 11.3 Å². The number of rotatable bonds is 2. The molecule has 1 aliphatic heterocycles. The lowest BCUT2D eigenvalue weighted by atomic mass is 10.1. The Bertz CT molecular complexity index is 271. The van der Waals surface area contributed by atoms with Gasteiger partial charge in [-0.3, -0.25) is 4.90 Å². The number of nitrogens with zero attached hydrogens (tertiary/aromatic N) is 1. The van der Waals surface area contributed by atoms with Gasteiger partial charge in [0.2, 0.25) is 0 Å². The molecule has 1 fully saturated rings. The summed E-state index contributed by atoms with van der Waals surface area (Å²) in [5, 5.41) is 7.91. The van der Waals surface area contributed by atoms with Gasteiger partial charge in [0.1, 0.15) is 0 Å². The van der Waals surface area contributed by atoms with Crippen LogP contribution in [0.15, 0.2) is 16.8 Å². The van der Waals surface area contributed by atoms with Crippen molar-refractivity contribution >= 4 is 11.3 Å². The first-order valence-corrected chi connectivity index (χ1v) is 6.18. The first kappa shape index (κ1) is 10.1. The normalized spacial score (nSPS) is 29.3. The van der Waals surface area contributed by atoms with E-state index in [4.69, 9.17) is 0 Å². The van der Waals surface area contributed by atoms with E-state index in [2.05, 4.69) is 40.9 Å². The van der Waals surface area contributed by atoms with Crippen molar-refractivity contribution in [3.8, 4) is 0 Å². The second-order valence-corrected chi connectivity index (χ2v) is 5.00. The first-order valence-electron chi connectivity index (χ1n) is 5.24. The molecule has 14 heavy (non-hydrogen) atoms. The van der Waals surface area contributed by atoms with E-state index in [1.807, 2.05) is 0 Å². The highest BCUT2D eigenvalue weighted by molar-refractivity contribution is 7.07. The van der Waals surface area contributed by atoms with Crippen LogP contribution in [0.25, 0.3) is 0 Å². The van der Waals surface area contributed by atoms with E-state index < -0.39 is 0 Å². The maximum absolute atomic E-state index is 3.50. The van der Waals surface area contributed by atoms with Crippen molar-refractivity contribution in [1.82, 2.24) is 10.2 Å². The van der Waals surface area contributed by atoms with Crippen molar-refractivity contribution < 1.29 is 0 Å². The third-order valence-electron chi connectivity index (χ3n) is 2.86. The average Bonchev–Trinajstić information content (AvgIpc) is 2.64. The Morgan fingerprint density at radius 2 is 2.43 bits per heavy atom. The topological polar surface area (TPSA) is 15.3 Å². The highest BCUT2D eigenvalue weighted by Crippen LogP contribution is 2.14. The van der Waals surface area contributed by atoms with Crippen molar-refractivity contribution in [3.63, 3.8) is 0 Å². The zero-order valence-electron chi connectivity index (χ0n) is 8.86. The molecule has 2 heterocycles. The summed E-state index contributed by atoms with van der Waals surface area (Å²) in [5.41, 5.74) is 1.45. The van der Waals surface area contributed by atoms with Crippen molar-refractivity contribution in [2.24, 2.45) is 0 Å². The Morgan fingerprint density at radius 3 is 3.14 bits per heavy atom. The number of hydrogen-bond acceptors (Lipinski definition) is 3. The lowest BCUT2D eigenvalue weighted by molar-refractivity contribution is 0.139. The van der Waals surface area contributed by atoms with Gasteiger partial charge in [0.25, 0.3) is 0 Å². The van der Waals surface area contributed by atoms with Gasteiger partial charge >= 0.3 is 0 Å². The van der Waals surface area contributed by atoms with Gasteiger partial charge in [-0.25, -0.2) is 0 Å². The van der Waals surface area contributed by atoms with E-state index >= 15 is 0 Å². The van der Waals surface area contributed by atoms with E-state index in [0.29, 0.717) is 12.1 Å². The SMILES string of the molecule is C[C@@H]1CN(Cc2ccsc2)[C@@H](C)CN1. The third-order valence-corrected chi connectivity index (χ3v) is 3.59. The molecule has 0 aliphatic carbocycles. The minimum atomic E-state index is 0.629. The molecule has 78 valence electrons. The van der Waals surface area contributed by atoms with Crippen molar-refractivity contribution in [1.29, 1.82) is 0 Å². The number of nitrogens with one attached hydrogen (secondary N) is 1. The monoisotopic (exact) mass is 210 g/mol. The standard InChI is InChI=1S/C11H18N2S/c1-9-6-13(10(2)5-12-9)7-11-3-4-14-8-11/h3-4,8-10,12H,5-7H2,1-2H3/t9-,10+/m1/s1. The Kier molecular flexibility index (Phi) is 3.21. The first-order chi connectivity index (χ1) is 6.75. The van der Waals surface area contributed by atoms with E-state index in [-0.39, 0.29) is 0 Å². The summed E-state index contributed by atoms with van der Waals surface area (Å²) >= 11 is 1.79. The minimum absolute atomic E-state index is 0.629. The molecule has 0 unspecified atom stereocenters. The molecule has 0 aromatic carbocycles. The summed E-state index contributed by atoms with van der Waals surface area (Å²) in [5.74, 6) is 0. The minimum Gasteiger partial charge on any atom is -0.311 e. The summed E-state index contributed by atoms with van der Waals surface area (Å²) in [4.78, 5) is 2.56. The molecule has 0 saturated carbocycles. The highest BCUT2D eigenvalue weighted by Gasteiger charge is 2.21. The predicted molar refractivity (Wildman–Crippen MR) is 61.7 cm³/mol. The van der Waals surface area contributed by atoms with Crippen LogP contribution in [-0.2, 0) is 6.54 Å². The summed E-state index contributed by atoms with van der Waals surface area (Å²) in [7, 11) is 0. The van der Waals surface area contributed by atoms with Crippen LogP contribution in [0, 0.1) is 0 Å². The zero-order valence-corrected chi connectivity index (χ0v) is 9.68. The van der Waals surface area contributed by atoms with Gasteiger partial charge in [-0.2, -0.15) is 11.3 Å². The Morgan fingerprint density at radius 1 is 1.57 bits per heavy atom. The van der Waals surface area contributed by atoms with Crippen molar-refractivity contribution in [2.45, 2.75) is 32.5 Å². The summed E-state index contributed by atoms with van der Waals surface area (Å²) < 4.78 is 0. The molecular weight excluding hydrogens is 192 g/mol. The van der Waals surface area contributed by atoms with Crippen LogP contribution in [0.5, 0.6) is 0 Å². The van der Waals surface area contributed by atoms with Crippen LogP contribution in [0.2, 0.25) is 0 Å². The zero-order chi connectivity index (χ0) is 9.97. The van der Waals surface area contributed by atoms with Crippen LogP contribution in [0.1, 0.15) is 19.4 Å². The van der Waals surface area contributed by atoms with Crippen LogP contribution in [0.4, 0.5) is 0 Å². The van der Waals surface area contributed by atoms with Gasteiger partial charge in [0, 0.05) is 31.7 Å². The molecule has 1 aromatic heterocycles. The fraction of sp³-hybridized carbons (Fsp3) is 0.636. The molecule has 3 heteroatoms. The van der Waals surface area contributed by atoms with Crippen LogP contribution < -0.4 is 5.32 Å². The summed E-state index contributed by atoms with van der Waals surface area (Å²) in [6, 6.07) is 3.51. The van der Waals surface area contributed by atoms with E-state index in [1.165, 1.54) is 5.56 Å². The Labute approximate surface area is 89.9 Å². The summed E-state index contributed by atoms with van der Waals surface area (Å²) in [6.07, 6.45) is 0. The van der Waals surface area contributed by atoms with Crippen molar-refractivity contribution in [2.75, 3.05) is 13.1 Å². The molecule has 0 spiro atoms. The molecule has 1 saturated heterocycles. The molecule has 1 N–H and O–H groups in total. The quantitative estimate of drug-likeness (QED) is 0.802. The third kappa shape index (κ3) is 2.35. The average molecular weight is 210 g/mol. The van der Waals surface area contributed by atoms with E-state index in [0.717, 1.165) is 19.6 Å². The van der Waals surface area contributed by atoms with Crippen LogP contribution in [-0.4, -0.2) is 30.1 Å². The van der Waals surface area contributed by atoms with E-state index in [9.17, 15) is 0 Å². The van der Waals surface area contributed by atoms with Crippen LogP contribution in [0.3, 0.4) is 0 Å². The number of hydrogen-bond donors (Lipinski definition) is 1. The van der Waals surface area contributed by atoms with Gasteiger partial charge in [0.15, 0.2) is 0 Å². The number of piperazine rings is 1. The molecular formula is C11H18N2S. The number of thiophene rings is 1. The van der Waals surface area contributed by atoms with Gasteiger partial charge in [-0.05, 0) is 36.2 Å². The molecule has 2 nitrogen and oxygen atoms in total. The molecule has 0 amide bonds. The predicted octanol–water partition coefficient (Wildman–Crippen LogP) is 1.93. The van der Waals surface area contributed by atoms with Gasteiger partial charge in [-0.15, -0.1) is 0 Å². The molecule has 1 aliphatic rings. The fourth-order valence-corrected chi connectivity index (χ4v) is 2.59. The van der Waals surface area contributed by atoms with E-state index in [1.54, 1.807) is 11.3 Å². The lowest BCUT2D eigenvalue weighted by Gasteiger charge is -2.37. The van der Waals surface area contributed by atoms with Crippen molar-refractivity contribution in [3.05, 3.63) is 22.4 Å². The second-order valence-electron chi connectivity index (χ2n) is 4.22. The van der Waals surface area contributed by atoms with Gasteiger partial charge in [0.05, 0.1) is 0 Å². The maximum atomic E-state index is 3.50. The second kappa shape index (κ2) is 4.43. The molecule has 0 bridgehead atoms. The Balaban J connectivity index is 1.95. The molecule has 1 aromatic rings. The van der Waals surface area contributed by atoms with Gasteiger partial charge in [-0.1, -0.05) is 0 Å². The summed E-state index contributed by atoms with van der Waals surface area (Å²) in [6.45, 7) is 7.94. The molecule has 2 atom stereocenters. The molecule has 0 radical (unpaired) electrons. The lowest BCUT2D eigenvalue weighted by Crippen LogP contribution is -2.53. The smallest absolute Gasteiger partial charge is 0.0246 e. The highest BCUT2D eigenvalue weighted by atomic mass is 32.1.